The lowest BCUT2D eigenvalue weighted by molar-refractivity contribution is 0.0589. The summed E-state index contributed by atoms with van der Waals surface area (Å²) in [5.41, 5.74) is 2.83. The van der Waals surface area contributed by atoms with E-state index in [4.69, 9.17) is 4.74 Å². The average Bonchev–Trinajstić information content (AvgIpc) is 3.32. The highest BCUT2D eigenvalue weighted by Crippen LogP contribution is 2.37. The van der Waals surface area contributed by atoms with E-state index in [1.165, 1.54) is 16.9 Å². The van der Waals surface area contributed by atoms with Crippen LogP contribution in [-0.2, 0) is 11.3 Å². The Morgan fingerprint density at radius 3 is 2.62 bits per heavy atom. The fourth-order valence-corrected chi connectivity index (χ4v) is 4.72. The van der Waals surface area contributed by atoms with Gasteiger partial charge in [-0.2, -0.15) is 0 Å². The molecule has 0 N–H and O–H groups in total. The molecule has 0 amide bonds. The molecule has 0 radical (unpaired) electrons. The summed E-state index contributed by atoms with van der Waals surface area (Å²) in [7, 11) is 1.42. The van der Waals surface area contributed by atoms with E-state index in [0.717, 1.165) is 15.8 Å². The van der Waals surface area contributed by atoms with Crippen LogP contribution in [-0.4, -0.2) is 17.6 Å². The average molecular weight is 353 g/mol. The van der Waals surface area contributed by atoms with Crippen LogP contribution in [0.3, 0.4) is 0 Å². The highest BCUT2D eigenvalue weighted by molar-refractivity contribution is 7.25. The molecule has 0 aliphatic carbocycles. The number of hydrogen-bond acceptors (Lipinski definition) is 4. The van der Waals surface area contributed by atoms with E-state index in [1.807, 2.05) is 28.8 Å². The summed E-state index contributed by atoms with van der Waals surface area (Å²) < 4.78 is 8.11. The Hall–Kier alpha value is -2.37. The zero-order valence-corrected chi connectivity index (χ0v) is 14.7. The van der Waals surface area contributed by atoms with Crippen molar-refractivity contribution in [3.05, 3.63) is 71.2 Å². The molecule has 24 heavy (non-hydrogen) atoms. The van der Waals surface area contributed by atoms with Crippen molar-refractivity contribution in [2.75, 3.05) is 7.11 Å². The van der Waals surface area contributed by atoms with Crippen molar-refractivity contribution >= 4 is 38.9 Å². The third-order valence-corrected chi connectivity index (χ3v) is 6.07. The Balaban J connectivity index is 1.84. The van der Waals surface area contributed by atoms with Crippen LogP contribution in [0, 0.1) is 0 Å². The van der Waals surface area contributed by atoms with E-state index < -0.39 is 0 Å². The minimum atomic E-state index is -0.299. The molecule has 3 nitrogen and oxygen atoms in total. The first kappa shape index (κ1) is 15.2. The van der Waals surface area contributed by atoms with Crippen LogP contribution in [0.2, 0.25) is 0 Å². The molecule has 0 atom stereocenters. The van der Waals surface area contributed by atoms with E-state index in [1.54, 1.807) is 22.7 Å². The zero-order chi connectivity index (χ0) is 16.5. The molecule has 0 saturated heterocycles. The molecule has 3 heterocycles. The number of methoxy groups -OCH3 is 1. The van der Waals surface area contributed by atoms with Gasteiger partial charge >= 0.3 is 5.97 Å². The van der Waals surface area contributed by atoms with Gasteiger partial charge in [0.05, 0.1) is 17.3 Å². The Bertz CT molecular complexity index is 981. The number of thiophene rings is 2. The molecule has 3 aromatic heterocycles. The highest BCUT2D eigenvalue weighted by Gasteiger charge is 2.19. The molecule has 4 rings (SSSR count). The van der Waals surface area contributed by atoms with Crippen LogP contribution >= 0.6 is 22.7 Å². The summed E-state index contributed by atoms with van der Waals surface area (Å²) in [6, 6.07) is 18.4. The summed E-state index contributed by atoms with van der Waals surface area (Å²) in [6.07, 6.45) is 0. The molecule has 0 saturated carbocycles. The van der Waals surface area contributed by atoms with Gasteiger partial charge < -0.3 is 9.30 Å². The summed E-state index contributed by atoms with van der Waals surface area (Å²) in [4.78, 5) is 14.7. The first-order valence-corrected chi connectivity index (χ1v) is 9.25. The molecule has 5 heteroatoms. The van der Waals surface area contributed by atoms with Crippen molar-refractivity contribution in [1.82, 2.24) is 4.57 Å². The van der Waals surface area contributed by atoms with Gasteiger partial charge in [0.1, 0.15) is 5.69 Å². The number of carbonyl (C=O) groups excluding carboxylic acids is 1. The van der Waals surface area contributed by atoms with Gasteiger partial charge in [0.25, 0.3) is 0 Å². The van der Waals surface area contributed by atoms with Gasteiger partial charge in [0, 0.05) is 16.3 Å². The fraction of sp³-hybridized carbons (Fsp3) is 0.105. The summed E-state index contributed by atoms with van der Waals surface area (Å²) in [5, 5.41) is 2.08. The quantitative estimate of drug-likeness (QED) is 0.468. The lowest BCUT2D eigenvalue weighted by Gasteiger charge is -2.09. The summed E-state index contributed by atoms with van der Waals surface area (Å²) in [6.45, 7) is 0.648. The van der Waals surface area contributed by atoms with Crippen LogP contribution in [0.5, 0.6) is 0 Å². The first-order chi connectivity index (χ1) is 11.8. The maximum Gasteiger partial charge on any atom is 0.354 e. The second kappa shape index (κ2) is 6.26. The topological polar surface area (TPSA) is 31.2 Å². The molecule has 0 aliphatic heterocycles. The normalized spacial score (nSPS) is 11.0. The number of ether oxygens (including phenoxy) is 1. The molecular weight excluding hydrogens is 338 g/mol. The molecule has 0 fully saturated rings. The van der Waals surface area contributed by atoms with Crippen LogP contribution in [0.1, 0.15) is 16.1 Å². The van der Waals surface area contributed by atoms with E-state index in [-0.39, 0.29) is 5.97 Å². The van der Waals surface area contributed by atoms with Gasteiger partial charge in [-0.3, -0.25) is 0 Å². The minimum Gasteiger partial charge on any atom is -0.464 e. The predicted octanol–water partition coefficient (Wildman–Crippen LogP) is 5.27. The fourth-order valence-electron chi connectivity index (χ4n) is 2.79. The van der Waals surface area contributed by atoms with Crippen LogP contribution in [0.15, 0.2) is 60.0 Å². The van der Waals surface area contributed by atoms with Crippen LogP contribution in [0.25, 0.3) is 20.0 Å². The number of carbonyl (C=O) groups is 1. The highest BCUT2D eigenvalue weighted by atomic mass is 32.1. The molecule has 0 unspecified atom stereocenters. The molecule has 120 valence electrons. The number of esters is 1. The van der Waals surface area contributed by atoms with Crippen molar-refractivity contribution in [2.24, 2.45) is 0 Å². The van der Waals surface area contributed by atoms with Crippen molar-refractivity contribution in [1.29, 1.82) is 0 Å². The van der Waals surface area contributed by atoms with E-state index in [2.05, 4.69) is 35.7 Å². The lowest BCUT2D eigenvalue weighted by atomic mass is 10.2. The smallest absolute Gasteiger partial charge is 0.354 e. The zero-order valence-electron chi connectivity index (χ0n) is 13.1. The van der Waals surface area contributed by atoms with Crippen LogP contribution < -0.4 is 0 Å². The minimum absolute atomic E-state index is 0.299. The monoisotopic (exact) mass is 353 g/mol. The van der Waals surface area contributed by atoms with Crippen molar-refractivity contribution in [3.63, 3.8) is 0 Å². The Labute approximate surface area is 147 Å². The molecule has 4 aromatic rings. The maximum absolute atomic E-state index is 12.2. The number of rotatable bonds is 4. The van der Waals surface area contributed by atoms with E-state index in [0.29, 0.717) is 12.2 Å². The van der Waals surface area contributed by atoms with Crippen molar-refractivity contribution < 1.29 is 9.53 Å². The van der Waals surface area contributed by atoms with Gasteiger partial charge in [-0.1, -0.05) is 36.4 Å². The first-order valence-electron chi connectivity index (χ1n) is 7.55. The summed E-state index contributed by atoms with van der Waals surface area (Å²) >= 11 is 3.44. The number of nitrogens with zero attached hydrogens (tertiary/aromatic N) is 1. The second-order valence-corrected chi connectivity index (χ2v) is 7.46. The molecule has 0 aliphatic rings. The van der Waals surface area contributed by atoms with Gasteiger partial charge in [-0.25, -0.2) is 4.79 Å². The Kier molecular flexibility index (Phi) is 3.96. The lowest BCUT2D eigenvalue weighted by Crippen LogP contribution is -2.11. The van der Waals surface area contributed by atoms with Gasteiger partial charge in [0.15, 0.2) is 0 Å². The van der Waals surface area contributed by atoms with Crippen LogP contribution in [0.4, 0.5) is 0 Å². The number of fused-ring (bicyclic) bond motifs is 1. The van der Waals surface area contributed by atoms with Gasteiger partial charge in [0.2, 0.25) is 0 Å². The summed E-state index contributed by atoms with van der Waals surface area (Å²) in [5.74, 6) is -0.299. The third-order valence-electron chi connectivity index (χ3n) is 3.93. The standard InChI is InChI=1S/C19H15NO2S2/c1-22-19(21)15-11-17-14(10-18(24-17)16-8-5-9-23-16)20(15)12-13-6-3-2-4-7-13/h2-11H,12H2,1H3. The predicted molar refractivity (Wildman–Crippen MR) is 100 cm³/mol. The molecular formula is C19H15NO2S2. The van der Waals surface area contributed by atoms with Crippen molar-refractivity contribution in [3.8, 4) is 9.75 Å². The second-order valence-electron chi connectivity index (χ2n) is 5.43. The molecule has 0 bridgehead atoms. The Morgan fingerprint density at radius 2 is 1.92 bits per heavy atom. The Morgan fingerprint density at radius 1 is 1.08 bits per heavy atom. The van der Waals surface area contributed by atoms with E-state index >= 15 is 0 Å². The van der Waals surface area contributed by atoms with E-state index in [9.17, 15) is 4.79 Å². The number of hydrogen-bond donors (Lipinski definition) is 0. The SMILES string of the molecule is COC(=O)c1cc2sc(-c3cccs3)cc2n1Cc1ccccc1. The third kappa shape index (κ3) is 2.66. The number of benzene rings is 1. The number of aromatic nitrogens is 1. The molecule has 0 spiro atoms. The van der Waals surface area contributed by atoms with Gasteiger partial charge in [-0.05, 0) is 29.1 Å². The van der Waals surface area contributed by atoms with Crippen molar-refractivity contribution in [2.45, 2.75) is 6.54 Å². The van der Waals surface area contributed by atoms with Gasteiger partial charge in [-0.15, -0.1) is 22.7 Å². The molecule has 1 aromatic carbocycles. The maximum atomic E-state index is 12.2. The largest absolute Gasteiger partial charge is 0.464 e.